The highest BCUT2D eigenvalue weighted by molar-refractivity contribution is 9.10. The number of rotatable bonds is 4. The zero-order valence-corrected chi connectivity index (χ0v) is 12.6. The second-order valence-electron chi connectivity index (χ2n) is 4.52. The number of benzene rings is 2. The molecule has 0 aliphatic rings. The lowest BCUT2D eigenvalue weighted by Gasteiger charge is -2.21. The second kappa shape index (κ2) is 5.96. The molecule has 0 aromatic heterocycles. The van der Waals surface area contributed by atoms with E-state index < -0.39 is 5.97 Å². The van der Waals surface area contributed by atoms with Crippen LogP contribution < -0.4 is 10.6 Å². The third-order valence-electron chi connectivity index (χ3n) is 3.07. The maximum atomic E-state index is 10.9. The molecule has 0 fully saturated rings. The highest BCUT2D eigenvalue weighted by Gasteiger charge is 2.10. The summed E-state index contributed by atoms with van der Waals surface area (Å²) in [5.74, 6) is -1.01. The van der Waals surface area contributed by atoms with Crippen molar-refractivity contribution in [3.63, 3.8) is 0 Å². The molecule has 2 aromatic rings. The highest BCUT2D eigenvalue weighted by atomic mass is 79.9. The van der Waals surface area contributed by atoms with Crippen LogP contribution in [0, 0.1) is 0 Å². The Balaban J connectivity index is 2.22. The van der Waals surface area contributed by atoms with Gasteiger partial charge in [0.05, 0.1) is 5.56 Å². The van der Waals surface area contributed by atoms with Gasteiger partial charge in [0.2, 0.25) is 0 Å². The Morgan fingerprint density at radius 2 is 2.00 bits per heavy atom. The molecule has 0 heterocycles. The smallest absolute Gasteiger partial charge is 0.337 e. The number of nitrogen functional groups attached to an aromatic ring is 1. The van der Waals surface area contributed by atoms with Gasteiger partial charge in [-0.1, -0.05) is 34.1 Å². The van der Waals surface area contributed by atoms with Crippen molar-refractivity contribution < 1.29 is 9.90 Å². The number of carboxylic acid groups (broad SMARTS) is 1. The van der Waals surface area contributed by atoms with Gasteiger partial charge in [0.25, 0.3) is 0 Å². The molecule has 0 aliphatic carbocycles. The lowest BCUT2D eigenvalue weighted by Crippen LogP contribution is -2.17. The van der Waals surface area contributed by atoms with Gasteiger partial charge in [-0.2, -0.15) is 0 Å². The van der Waals surface area contributed by atoms with Gasteiger partial charge in [-0.3, -0.25) is 0 Å². The fourth-order valence-corrected chi connectivity index (χ4v) is 2.37. The molecule has 104 valence electrons. The van der Waals surface area contributed by atoms with Crippen molar-refractivity contribution >= 4 is 33.3 Å². The monoisotopic (exact) mass is 334 g/mol. The van der Waals surface area contributed by atoms with E-state index in [2.05, 4.69) is 15.9 Å². The highest BCUT2D eigenvalue weighted by Crippen LogP contribution is 2.24. The first-order chi connectivity index (χ1) is 9.49. The molecule has 0 amide bonds. The minimum absolute atomic E-state index is 0.128. The molecular formula is C15H15BrN2O2. The minimum atomic E-state index is -1.01. The molecule has 0 radical (unpaired) electrons. The van der Waals surface area contributed by atoms with Crippen molar-refractivity contribution in [3.05, 3.63) is 58.1 Å². The summed E-state index contributed by atoms with van der Waals surface area (Å²) in [4.78, 5) is 13.0. The van der Waals surface area contributed by atoms with Gasteiger partial charge < -0.3 is 15.7 Å². The number of nitrogens with two attached hydrogens (primary N) is 1. The number of hydrogen-bond acceptors (Lipinski definition) is 3. The van der Waals surface area contributed by atoms with Crippen LogP contribution in [0.25, 0.3) is 0 Å². The number of anilines is 2. The summed E-state index contributed by atoms with van der Waals surface area (Å²) in [6, 6.07) is 12.9. The van der Waals surface area contributed by atoms with Crippen LogP contribution in [0.4, 0.5) is 11.4 Å². The van der Waals surface area contributed by atoms with Crippen LogP contribution in [-0.4, -0.2) is 18.1 Å². The third-order valence-corrected chi connectivity index (χ3v) is 3.85. The van der Waals surface area contributed by atoms with Crippen molar-refractivity contribution in [3.8, 4) is 0 Å². The van der Waals surface area contributed by atoms with Crippen LogP contribution in [0.15, 0.2) is 46.9 Å². The van der Waals surface area contributed by atoms with E-state index in [1.165, 1.54) is 6.07 Å². The summed E-state index contributed by atoms with van der Waals surface area (Å²) < 4.78 is 1.04. The number of hydrogen-bond donors (Lipinski definition) is 2. The zero-order chi connectivity index (χ0) is 14.7. The van der Waals surface area contributed by atoms with Crippen molar-refractivity contribution in [2.45, 2.75) is 6.54 Å². The maximum absolute atomic E-state index is 10.9. The van der Waals surface area contributed by atoms with Crippen LogP contribution in [0.5, 0.6) is 0 Å². The Morgan fingerprint density at radius 1 is 1.30 bits per heavy atom. The van der Waals surface area contributed by atoms with Crippen LogP contribution in [-0.2, 0) is 6.54 Å². The number of carboxylic acids is 1. The van der Waals surface area contributed by atoms with Gasteiger partial charge in [0.1, 0.15) is 0 Å². The van der Waals surface area contributed by atoms with Gasteiger partial charge in [-0.05, 0) is 29.8 Å². The van der Waals surface area contributed by atoms with Crippen molar-refractivity contribution in [1.82, 2.24) is 0 Å². The van der Waals surface area contributed by atoms with E-state index in [-0.39, 0.29) is 11.3 Å². The van der Waals surface area contributed by atoms with E-state index in [0.717, 1.165) is 15.7 Å². The number of aromatic carboxylic acids is 1. The maximum Gasteiger partial charge on any atom is 0.337 e. The second-order valence-corrected chi connectivity index (χ2v) is 5.38. The summed E-state index contributed by atoms with van der Waals surface area (Å²) in [6.45, 7) is 0.702. The van der Waals surface area contributed by atoms with Gasteiger partial charge in [-0.25, -0.2) is 4.79 Å². The molecule has 0 bridgehead atoms. The van der Waals surface area contributed by atoms with Crippen LogP contribution in [0.3, 0.4) is 0 Å². The van der Waals surface area contributed by atoms with Crippen molar-refractivity contribution in [2.24, 2.45) is 0 Å². The van der Waals surface area contributed by atoms with Gasteiger partial charge in [0.15, 0.2) is 0 Å². The van der Waals surface area contributed by atoms with Gasteiger partial charge in [-0.15, -0.1) is 0 Å². The first-order valence-electron chi connectivity index (χ1n) is 6.06. The molecule has 4 nitrogen and oxygen atoms in total. The Kier molecular flexibility index (Phi) is 4.29. The fraction of sp³-hybridized carbons (Fsp3) is 0.133. The summed E-state index contributed by atoms with van der Waals surface area (Å²) in [5.41, 5.74) is 8.19. The SMILES string of the molecule is CN(Cc1ccccc1Br)c1ccc(C(=O)O)c(N)c1. The first kappa shape index (κ1) is 14.4. The zero-order valence-electron chi connectivity index (χ0n) is 11.0. The molecule has 3 N–H and O–H groups in total. The normalized spacial score (nSPS) is 10.3. The Morgan fingerprint density at radius 3 is 2.60 bits per heavy atom. The van der Waals surface area contributed by atoms with E-state index in [1.54, 1.807) is 12.1 Å². The molecule has 2 aromatic carbocycles. The van der Waals surface area contributed by atoms with E-state index in [4.69, 9.17) is 10.8 Å². The molecular weight excluding hydrogens is 320 g/mol. The minimum Gasteiger partial charge on any atom is -0.478 e. The third kappa shape index (κ3) is 3.11. The predicted molar refractivity (Wildman–Crippen MR) is 84.1 cm³/mol. The Labute approximate surface area is 126 Å². The number of halogens is 1. The number of carbonyl (C=O) groups is 1. The Hall–Kier alpha value is -2.01. The largest absolute Gasteiger partial charge is 0.478 e. The molecule has 0 unspecified atom stereocenters. The number of nitrogens with zero attached hydrogens (tertiary/aromatic N) is 1. The van der Waals surface area contributed by atoms with Gasteiger partial charge in [0, 0.05) is 29.4 Å². The topological polar surface area (TPSA) is 66.6 Å². The Bertz CT molecular complexity index is 644. The molecule has 2 rings (SSSR count). The van der Waals surface area contributed by atoms with Crippen LogP contribution in [0.2, 0.25) is 0 Å². The van der Waals surface area contributed by atoms with Gasteiger partial charge >= 0.3 is 5.97 Å². The van der Waals surface area contributed by atoms with E-state index in [9.17, 15) is 4.79 Å². The predicted octanol–water partition coefficient (Wildman–Crippen LogP) is 3.37. The molecule has 0 aliphatic heterocycles. The van der Waals surface area contributed by atoms with Crippen molar-refractivity contribution in [1.29, 1.82) is 0 Å². The standard InChI is InChI=1S/C15H15BrN2O2/c1-18(9-10-4-2-3-5-13(10)16)11-6-7-12(15(19)20)14(17)8-11/h2-8H,9,17H2,1H3,(H,19,20). The molecule has 0 saturated carbocycles. The molecule has 0 saturated heterocycles. The molecule has 5 heteroatoms. The van der Waals surface area contributed by atoms with E-state index >= 15 is 0 Å². The van der Waals surface area contributed by atoms with E-state index in [0.29, 0.717) is 6.54 Å². The lowest BCUT2D eigenvalue weighted by molar-refractivity contribution is 0.0698. The lowest BCUT2D eigenvalue weighted by atomic mass is 10.1. The van der Waals surface area contributed by atoms with Crippen molar-refractivity contribution in [2.75, 3.05) is 17.7 Å². The first-order valence-corrected chi connectivity index (χ1v) is 6.85. The summed E-state index contributed by atoms with van der Waals surface area (Å²) >= 11 is 3.51. The van der Waals surface area contributed by atoms with E-state index in [1.807, 2.05) is 36.2 Å². The average Bonchev–Trinajstić information content (AvgIpc) is 2.40. The van der Waals surface area contributed by atoms with Crippen LogP contribution in [0.1, 0.15) is 15.9 Å². The molecule has 20 heavy (non-hydrogen) atoms. The average molecular weight is 335 g/mol. The summed E-state index contributed by atoms with van der Waals surface area (Å²) in [5, 5.41) is 8.97. The molecule has 0 atom stereocenters. The van der Waals surface area contributed by atoms with Crippen LogP contribution >= 0.6 is 15.9 Å². The molecule has 0 spiro atoms. The summed E-state index contributed by atoms with van der Waals surface area (Å²) in [7, 11) is 1.94. The fourth-order valence-electron chi connectivity index (χ4n) is 1.96. The quantitative estimate of drug-likeness (QED) is 0.841. The summed E-state index contributed by atoms with van der Waals surface area (Å²) in [6.07, 6.45) is 0.